The standard InChI is InChI=1S/C26H25N3/c1-3-29-25-14-7-6-12-23(25)24-15-20(28-17-26(24)29)16-27-18(2)21-13-8-10-19-9-4-5-11-22(19)21/h4-15,17-18,27H,3,16H2,1-2H3. The predicted octanol–water partition coefficient (Wildman–Crippen LogP) is 6.21. The van der Waals surface area contributed by atoms with Gasteiger partial charge in [-0.25, -0.2) is 0 Å². The van der Waals surface area contributed by atoms with Crippen molar-refractivity contribution in [2.75, 3.05) is 0 Å². The van der Waals surface area contributed by atoms with Crippen LogP contribution in [0.4, 0.5) is 0 Å². The Labute approximate surface area is 171 Å². The summed E-state index contributed by atoms with van der Waals surface area (Å²) in [4.78, 5) is 4.76. The largest absolute Gasteiger partial charge is 0.339 e. The lowest BCUT2D eigenvalue weighted by Gasteiger charge is -2.16. The van der Waals surface area contributed by atoms with Crippen LogP contribution in [0.15, 0.2) is 79.0 Å². The van der Waals surface area contributed by atoms with Gasteiger partial charge >= 0.3 is 0 Å². The summed E-state index contributed by atoms with van der Waals surface area (Å²) in [6.45, 7) is 6.10. The number of rotatable bonds is 5. The van der Waals surface area contributed by atoms with Crippen molar-refractivity contribution in [1.29, 1.82) is 0 Å². The second kappa shape index (κ2) is 7.34. The van der Waals surface area contributed by atoms with Crippen molar-refractivity contribution >= 4 is 32.6 Å². The third-order valence-corrected chi connectivity index (χ3v) is 5.91. The Kier molecular flexibility index (Phi) is 4.53. The van der Waals surface area contributed by atoms with E-state index in [0.29, 0.717) is 0 Å². The zero-order valence-corrected chi connectivity index (χ0v) is 16.9. The molecule has 5 aromatic rings. The second-order valence-corrected chi connectivity index (χ2v) is 7.63. The summed E-state index contributed by atoms with van der Waals surface area (Å²) in [5.74, 6) is 0. The van der Waals surface area contributed by atoms with Gasteiger partial charge < -0.3 is 9.88 Å². The molecule has 0 spiro atoms. The van der Waals surface area contributed by atoms with Crippen LogP contribution >= 0.6 is 0 Å². The summed E-state index contributed by atoms with van der Waals surface area (Å²) >= 11 is 0. The first kappa shape index (κ1) is 17.9. The smallest absolute Gasteiger partial charge is 0.0677 e. The zero-order chi connectivity index (χ0) is 19.8. The summed E-state index contributed by atoms with van der Waals surface area (Å²) in [6.07, 6.45) is 2.03. The summed E-state index contributed by atoms with van der Waals surface area (Å²) in [6, 6.07) is 26.2. The highest BCUT2D eigenvalue weighted by molar-refractivity contribution is 6.07. The maximum atomic E-state index is 4.76. The minimum absolute atomic E-state index is 0.246. The van der Waals surface area contributed by atoms with E-state index in [0.717, 1.165) is 18.8 Å². The Hall–Kier alpha value is -3.17. The van der Waals surface area contributed by atoms with Gasteiger partial charge in [-0.15, -0.1) is 0 Å². The molecular formula is C26H25N3. The molecule has 144 valence electrons. The first-order valence-electron chi connectivity index (χ1n) is 10.3. The molecule has 0 aliphatic carbocycles. The van der Waals surface area contributed by atoms with Gasteiger partial charge in [0.15, 0.2) is 0 Å². The number of para-hydroxylation sites is 1. The van der Waals surface area contributed by atoms with Crippen molar-refractivity contribution in [1.82, 2.24) is 14.9 Å². The minimum atomic E-state index is 0.246. The lowest BCUT2D eigenvalue weighted by Crippen LogP contribution is -2.19. The van der Waals surface area contributed by atoms with E-state index in [-0.39, 0.29) is 6.04 Å². The van der Waals surface area contributed by atoms with E-state index in [1.807, 2.05) is 6.20 Å². The fraction of sp³-hybridized carbons (Fsp3) is 0.192. The first-order chi connectivity index (χ1) is 14.3. The number of benzene rings is 3. The molecule has 1 N–H and O–H groups in total. The molecule has 3 nitrogen and oxygen atoms in total. The van der Waals surface area contributed by atoms with Crippen LogP contribution in [-0.2, 0) is 13.1 Å². The van der Waals surface area contributed by atoms with E-state index >= 15 is 0 Å². The van der Waals surface area contributed by atoms with Crippen LogP contribution in [0, 0.1) is 0 Å². The van der Waals surface area contributed by atoms with E-state index in [1.165, 1.54) is 38.1 Å². The fourth-order valence-electron chi connectivity index (χ4n) is 4.42. The molecule has 3 aromatic carbocycles. The zero-order valence-electron chi connectivity index (χ0n) is 16.9. The molecule has 1 unspecified atom stereocenters. The van der Waals surface area contributed by atoms with Crippen molar-refractivity contribution in [3.8, 4) is 0 Å². The number of nitrogens with zero attached hydrogens (tertiary/aromatic N) is 2. The second-order valence-electron chi connectivity index (χ2n) is 7.63. The highest BCUT2D eigenvalue weighted by Gasteiger charge is 2.12. The molecule has 2 heterocycles. The van der Waals surface area contributed by atoms with Crippen molar-refractivity contribution in [2.24, 2.45) is 0 Å². The van der Waals surface area contributed by atoms with Crippen molar-refractivity contribution in [3.05, 3.63) is 90.3 Å². The molecule has 0 saturated carbocycles. The number of hydrogen-bond donors (Lipinski definition) is 1. The molecule has 0 amide bonds. The molecule has 1 atom stereocenters. The summed E-state index contributed by atoms with van der Waals surface area (Å²) < 4.78 is 2.34. The van der Waals surface area contributed by atoms with Gasteiger partial charge in [0, 0.05) is 35.4 Å². The molecule has 5 rings (SSSR count). The third-order valence-electron chi connectivity index (χ3n) is 5.91. The molecule has 29 heavy (non-hydrogen) atoms. The van der Waals surface area contributed by atoms with Crippen LogP contribution in [0.3, 0.4) is 0 Å². The number of hydrogen-bond acceptors (Lipinski definition) is 2. The Morgan fingerprint density at radius 2 is 1.62 bits per heavy atom. The summed E-state index contributed by atoms with van der Waals surface area (Å²) in [5, 5.41) is 8.85. The van der Waals surface area contributed by atoms with Crippen LogP contribution in [0.1, 0.15) is 31.1 Å². The molecule has 0 fully saturated rings. The quantitative estimate of drug-likeness (QED) is 0.393. The van der Waals surface area contributed by atoms with Crippen LogP contribution in [0.5, 0.6) is 0 Å². The molecule has 0 saturated heterocycles. The van der Waals surface area contributed by atoms with Gasteiger partial charge in [0.1, 0.15) is 0 Å². The molecule has 0 aliphatic heterocycles. The van der Waals surface area contributed by atoms with Gasteiger partial charge in [0.2, 0.25) is 0 Å². The molecule has 0 aliphatic rings. The number of aromatic nitrogens is 2. The predicted molar refractivity (Wildman–Crippen MR) is 122 cm³/mol. The van der Waals surface area contributed by atoms with Gasteiger partial charge in [-0.3, -0.25) is 4.98 Å². The summed E-state index contributed by atoms with van der Waals surface area (Å²) in [5.41, 5.74) is 4.89. The Morgan fingerprint density at radius 3 is 2.48 bits per heavy atom. The van der Waals surface area contributed by atoms with Crippen LogP contribution in [0.2, 0.25) is 0 Å². The van der Waals surface area contributed by atoms with Gasteiger partial charge in [0.25, 0.3) is 0 Å². The number of aryl methyl sites for hydroxylation is 1. The Balaban J connectivity index is 1.45. The highest BCUT2D eigenvalue weighted by atomic mass is 15.0. The Morgan fingerprint density at radius 1 is 0.862 bits per heavy atom. The van der Waals surface area contributed by atoms with Crippen LogP contribution < -0.4 is 5.32 Å². The number of nitrogens with one attached hydrogen (secondary N) is 1. The molecular weight excluding hydrogens is 354 g/mol. The SMILES string of the molecule is CCn1c2ccccc2c2cc(CNC(C)c3cccc4ccccc34)ncc21. The van der Waals surface area contributed by atoms with Gasteiger partial charge in [-0.1, -0.05) is 60.7 Å². The number of fused-ring (bicyclic) bond motifs is 4. The van der Waals surface area contributed by atoms with Gasteiger partial charge in [-0.2, -0.15) is 0 Å². The monoisotopic (exact) mass is 379 g/mol. The number of pyridine rings is 1. The molecule has 2 aromatic heterocycles. The Bertz CT molecular complexity index is 1310. The first-order valence-corrected chi connectivity index (χ1v) is 10.3. The highest BCUT2D eigenvalue weighted by Crippen LogP contribution is 2.29. The third kappa shape index (κ3) is 3.08. The molecule has 0 radical (unpaired) electrons. The van der Waals surface area contributed by atoms with Gasteiger partial charge in [-0.05, 0) is 42.3 Å². The average molecular weight is 380 g/mol. The fourth-order valence-corrected chi connectivity index (χ4v) is 4.42. The van der Waals surface area contributed by atoms with Crippen LogP contribution in [0.25, 0.3) is 32.6 Å². The van der Waals surface area contributed by atoms with E-state index in [4.69, 9.17) is 4.98 Å². The van der Waals surface area contributed by atoms with Crippen molar-refractivity contribution < 1.29 is 0 Å². The lowest BCUT2D eigenvalue weighted by atomic mass is 9.99. The molecule has 3 heteroatoms. The average Bonchev–Trinajstić information content (AvgIpc) is 3.10. The van der Waals surface area contributed by atoms with Gasteiger partial charge in [0.05, 0.1) is 17.4 Å². The maximum Gasteiger partial charge on any atom is 0.0677 e. The molecule has 0 bridgehead atoms. The van der Waals surface area contributed by atoms with Crippen molar-refractivity contribution in [2.45, 2.75) is 33.0 Å². The van der Waals surface area contributed by atoms with Crippen molar-refractivity contribution in [3.63, 3.8) is 0 Å². The van der Waals surface area contributed by atoms with E-state index < -0.39 is 0 Å². The maximum absolute atomic E-state index is 4.76. The lowest BCUT2D eigenvalue weighted by molar-refractivity contribution is 0.571. The normalized spacial score (nSPS) is 12.8. The topological polar surface area (TPSA) is 29.9 Å². The van der Waals surface area contributed by atoms with Crippen LogP contribution in [-0.4, -0.2) is 9.55 Å². The van der Waals surface area contributed by atoms with E-state index in [2.05, 4.69) is 96.5 Å². The summed E-state index contributed by atoms with van der Waals surface area (Å²) in [7, 11) is 0. The minimum Gasteiger partial charge on any atom is -0.339 e. The van der Waals surface area contributed by atoms with E-state index in [1.54, 1.807) is 0 Å². The van der Waals surface area contributed by atoms with E-state index in [9.17, 15) is 0 Å².